The Kier molecular flexibility index (Phi) is 4.74. The first-order valence-corrected chi connectivity index (χ1v) is 7.82. The maximum atomic E-state index is 12.1. The number of carbonyl (C=O) groups is 2. The van der Waals surface area contributed by atoms with Crippen molar-refractivity contribution >= 4 is 17.5 Å². The van der Waals surface area contributed by atoms with Crippen LogP contribution in [-0.2, 0) is 22.6 Å². The lowest BCUT2D eigenvalue weighted by Crippen LogP contribution is -2.26. The average Bonchev–Trinajstić information content (AvgIpc) is 2.74. The van der Waals surface area contributed by atoms with Crippen LogP contribution in [0.4, 0.5) is 5.69 Å². The predicted octanol–water partition coefficient (Wildman–Crippen LogP) is 1.69. The van der Waals surface area contributed by atoms with Crippen molar-refractivity contribution in [3.05, 3.63) is 53.9 Å². The van der Waals surface area contributed by atoms with Crippen molar-refractivity contribution in [2.45, 2.75) is 19.4 Å². The molecular formula is C18H19N3O3. The summed E-state index contributed by atoms with van der Waals surface area (Å²) in [6.07, 6.45) is 2.29. The number of pyridine rings is 1. The van der Waals surface area contributed by atoms with Crippen LogP contribution >= 0.6 is 0 Å². The Bertz CT molecular complexity index is 746. The summed E-state index contributed by atoms with van der Waals surface area (Å²) in [5.74, 6) is 0.579. The van der Waals surface area contributed by atoms with Crippen molar-refractivity contribution < 1.29 is 14.3 Å². The van der Waals surface area contributed by atoms with E-state index in [2.05, 4.69) is 10.3 Å². The molecule has 0 atom stereocenters. The third kappa shape index (κ3) is 3.71. The number of benzene rings is 1. The largest absolute Gasteiger partial charge is 0.491 e. The summed E-state index contributed by atoms with van der Waals surface area (Å²) in [5.41, 5.74) is 2.34. The number of nitrogens with zero attached hydrogens (tertiary/aromatic N) is 2. The number of nitrogens with one attached hydrogen (secondary N) is 1. The summed E-state index contributed by atoms with van der Waals surface area (Å²) in [7, 11) is 1.72. The summed E-state index contributed by atoms with van der Waals surface area (Å²) < 4.78 is 5.58. The van der Waals surface area contributed by atoms with Gasteiger partial charge in [0.25, 0.3) is 0 Å². The van der Waals surface area contributed by atoms with Crippen LogP contribution in [0.25, 0.3) is 0 Å². The lowest BCUT2D eigenvalue weighted by atomic mass is 10.1. The maximum Gasteiger partial charge on any atom is 0.230 e. The van der Waals surface area contributed by atoms with Gasteiger partial charge in [0.1, 0.15) is 5.75 Å². The van der Waals surface area contributed by atoms with Crippen molar-refractivity contribution in [2.75, 3.05) is 18.6 Å². The van der Waals surface area contributed by atoms with Crippen LogP contribution < -0.4 is 15.0 Å². The molecule has 0 unspecified atom stereocenters. The number of carbonyl (C=O) groups excluding carboxylic acids is 2. The van der Waals surface area contributed by atoms with Crippen LogP contribution in [0, 0.1) is 0 Å². The van der Waals surface area contributed by atoms with Crippen LogP contribution in [0.3, 0.4) is 0 Å². The molecule has 2 aromatic rings. The van der Waals surface area contributed by atoms with Crippen LogP contribution in [0.2, 0.25) is 0 Å². The normalized spacial score (nSPS) is 13.7. The zero-order valence-corrected chi connectivity index (χ0v) is 13.5. The van der Waals surface area contributed by atoms with Crippen molar-refractivity contribution in [1.82, 2.24) is 10.3 Å². The Labute approximate surface area is 140 Å². The van der Waals surface area contributed by atoms with E-state index in [0.29, 0.717) is 31.0 Å². The first-order chi connectivity index (χ1) is 11.6. The molecule has 0 fully saturated rings. The SMILES string of the molecule is CN1C(=O)CCOc2ccc(CC(=O)NCc3ccccn3)cc21. The van der Waals surface area contributed by atoms with Gasteiger partial charge in [-0.05, 0) is 29.8 Å². The van der Waals surface area contributed by atoms with E-state index < -0.39 is 0 Å². The van der Waals surface area contributed by atoms with Gasteiger partial charge in [-0.25, -0.2) is 0 Å². The fraction of sp³-hybridized carbons (Fsp3) is 0.278. The van der Waals surface area contributed by atoms with Crippen molar-refractivity contribution in [2.24, 2.45) is 0 Å². The second-order valence-electron chi connectivity index (χ2n) is 5.63. The summed E-state index contributed by atoms with van der Waals surface area (Å²) >= 11 is 0. The molecule has 124 valence electrons. The summed E-state index contributed by atoms with van der Waals surface area (Å²) in [4.78, 5) is 29.8. The van der Waals surface area contributed by atoms with E-state index in [-0.39, 0.29) is 18.2 Å². The highest BCUT2D eigenvalue weighted by atomic mass is 16.5. The van der Waals surface area contributed by atoms with E-state index in [4.69, 9.17) is 4.74 Å². The Balaban J connectivity index is 1.66. The Morgan fingerprint density at radius 2 is 2.21 bits per heavy atom. The van der Waals surface area contributed by atoms with Gasteiger partial charge in [-0.2, -0.15) is 0 Å². The van der Waals surface area contributed by atoms with Crippen LogP contribution in [0.15, 0.2) is 42.6 Å². The van der Waals surface area contributed by atoms with E-state index >= 15 is 0 Å². The van der Waals surface area contributed by atoms with Crippen molar-refractivity contribution in [1.29, 1.82) is 0 Å². The highest BCUT2D eigenvalue weighted by molar-refractivity contribution is 5.95. The summed E-state index contributed by atoms with van der Waals surface area (Å²) in [6, 6.07) is 11.1. The number of anilines is 1. The van der Waals surface area contributed by atoms with Gasteiger partial charge in [-0.15, -0.1) is 0 Å². The van der Waals surface area contributed by atoms with Gasteiger partial charge in [0.05, 0.1) is 37.4 Å². The molecule has 3 rings (SSSR count). The molecule has 1 aromatic heterocycles. The van der Waals surface area contributed by atoms with Crippen LogP contribution in [-0.4, -0.2) is 30.5 Å². The van der Waals surface area contributed by atoms with Crippen molar-refractivity contribution in [3.8, 4) is 5.75 Å². The topological polar surface area (TPSA) is 71.5 Å². The highest BCUT2D eigenvalue weighted by Gasteiger charge is 2.20. The number of aromatic nitrogens is 1. The minimum Gasteiger partial charge on any atom is -0.491 e. The van der Waals surface area contributed by atoms with E-state index in [0.717, 1.165) is 11.3 Å². The Morgan fingerprint density at radius 3 is 3.00 bits per heavy atom. The van der Waals surface area contributed by atoms with Gasteiger partial charge in [-0.3, -0.25) is 14.6 Å². The number of amides is 2. The number of hydrogen-bond acceptors (Lipinski definition) is 4. The highest BCUT2D eigenvalue weighted by Crippen LogP contribution is 2.31. The Morgan fingerprint density at radius 1 is 1.33 bits per heavy atom. The van der Waals surface area contributed by atoms with Crippen LogP contribution in [0.1, 0.15) is 17.7 Å². The third-order valence-corrected chi connectivity index (χ3v) is 3.89. The van der Waals surface area contributed by atoms with Gasteiger partial charge in [0.2, 0.25) is 11.8 Å². The molecule has 1 aliphatic rings. The number of ether oxygens (including phenoxy) is 1. The number of rotatable bonds is 4. The average molecular weight is 325 g/mol. The zero-order valence-electron chi connectivity index (χ0n) is 13.5. The predicted molar refractivity (Wildman–Crippen MR) is 89.8 cm³/mol. The minimum atomic E-state index is -0.0934. The van der Waals surface area contributed by atoms with Gasteiger partial charge in [0, 0.05) is 13.2 Å². The fourth-order valence-electron chi connectivity index (χ4n) is 2.55. The first-order valence-electron chi connectivity index (χ1n) is 7.82. The van der Waals surface area contributed by atoms with Crippen molar-refractivity contribution in [3.63, 3.8) is 0 Å². The van der Waals surface area contributed by atoms with Gasteiger partial charge >= 0.3 is 0 Å². The summed E-state index contributed by atoms with van der Waals surface area (Å²) in [5, 5.41) is 2.85. The molecule has 0 aliphatic carbocycles. The van der Waals surface area contributed by atoms with E-state index in [1.807, 2.05) is 36.4 Å². The molecule has 1 aliphatic heterocycles. The van der Waals surface area contributed by atoms with E-state index in [1.165, 1.54) is 0 Å². The van der Waals surface area contributed by atoms with Gasteiger partial charge in [-0.1, -0.05) is 12.1 Å². The van der Waals surface area contributed by atoms with Crippen LogP contribution in [0.5, 0.6) is 5.75 Å². The molecule has 0 radical (unpaired) electrons. The molecule has 2 amide bonds. The van der Waals surface area contributed by atoms with Gasteiger partial charge < -0.3 is 15.0 Å². The zero-order chi connectivity index (χ0) is 16.9. The second kappa shape index (κ2) is 7.12. The number of hydrogen-bond donors (Lipinski definition) is 1. The molecule has 6 nitrogen and oxygen atoms in total. The lowest BCUT2D eigenvalue weighted by Gasteiger charge is -2.17. The summed E-state index contributed by atoms with van der Waals surface area (Å²) in [6.45, 7) is 0.770. The molecule has 0 spiro atoms. The second-order valence-corrected chi connectivity index (χ2v) is 5.63. The molecule has 1 N–H and O–H groups in total. The molecule has 1 aromatic carbocycles. The molecule has 24 heavy (non-hydrogen) atoms. The fourth-order valence-corrected chi connectivity index (χ4v) is 2.55. The quantitative estimate of drug-likeness (QED) is 0.928. The smallest absolute Gasteiger partial charge is 0.230 e. The molecular weight excluding hydrogens is 306 g/mol. The lowest BCUT2D eigenvalue weighted by molar-refractivity contribution is -0.120. The van der Waals surface area contributed by atoms with Gasteiger partial charge in [0.15, 0.2) is 0 Å². The van der Waals surface area contributed by atoms with E-state index in [1.54, 1.807) is 18.1 Å². The molecule has 2 heterocycles. The molecule has 0 saturated heterocycles. The Hall–Kier alpha value is -2.89. The minimum absolute atomic E-state index is 0.00510. The molecule has 0 bridgehead atoms. The first kappa shape index (κ1) is 16.0. The monoisotopic (exact) mass is 325 g/mol. The molecule has 0 saturated carbocycles. The molecule has 6 heteroatoms. The standard InChI is InChI=1S/C18H19N3O3/c1-21-15-10-13(5-6-16(15)24-9-7-18(21)23)11-17(22)20-12-14-4-2-3-8-19-14/h2-6,8,10H,7,9,11-12H2,1H3,(H,20,22). The number of fused-ring (bicyclic) bond motifs is 1. The third-order valence-electron chi connectivity index (χ3n) is 3.89. The maximum absolute atomic E-state index is 12.1. The van der Waals surface area contributed by atoms with E-state index in [9.17, 15) is 9.59 Å².